The van der Waals surface area contributed by atoms with Gasteiger partial charge in [-0.2, -0.15) is 0 Å². The van der Waals surface area contributed by atoms with E-state index in [-0.39, 0.29) is 11.3 Å². The van der Waals surface area contributed by atoms with Gasteiger partial charge in [-0.25, -0.2) is 9.78 Å². The predicted octanol–water partition coefficient (Wildman–Crippen LogP) is 4.01. The van der Waals surface area contributed by atoms with Crippen molar-refractivity contribution in [2.75, 3.05) is 0 Å². The third-order valence-electron chi connectivity index (χ3n) is 3.52. The van der Waals surface area contributed by atoms with Gasteiger partial charge in [-0.05, 0) is 35.9 Å². The molecule has 2 aromatic carbocycles. The molecule has 1 heterocycles. The highest BCUT2D eigenvalue weighted by Gasteiger charge is 2.10. The van der Waals surface area contributed by atoms with Gasteiger partial charge in [0.15, 0.2) is 0 Å². The number of nitro groups is 1. The number of pyridine rings is 1. The molecule has 0 saturated carbocycles. The van der Waals surface area contributed by atoms with Crippen LogP contribution in [0.2, 0.25) is 0 Å². The van der Waals surface area contributed by atoms with Gasteiger partial charge in [-0.3, -0.25) is 10.1 Å². The van der Waals surface area contributed by atoms with E-state index in [1.165, 1.54) is 18.2 Å². The van der Waals surface area contributed by atoms with E-state index in [0.29, 0.717) is 16.6 Å². The van der Waals surface area contributed by atoms with Crippen LogP contribution in [0.3, 0.4) is 0 Å². The number of aromatic nitrogens is 1. The summed E-state index contributed by atoms with van der Waals surface area (Å²) >= 11 is 0. The molecule has 6 nitrogen and oxygen atoms in total. The fraction of sp³-hybridized carbons (Fsp3) is 0. The highest BCUT2D eigenvalue weighted by molar-refractivity contribution is 6.03. The SMILES string of the molecule is O=C(O)c1cc(/C=C/c2ccc([N+](=O)[O-])cc2)nc2ccccc12. The maximum absolute atomic E-state index is 11.4. The van der Waals surface area contributed by atoms with Gasteiger partial charge in [0, 0.05) is 17.5 Å². The second kappa shape index (κ2) is 6.29. The standard InChI is InChI=1S/C18H12N2O4/c21-18(22)16-11-13(19-17-4-2-1-3-15(16)17)8-5-12-6-9-14(10-7-12)20(23)24/h1-11H,(H,21,22)/b8-5+. The molecule has 0 aliphatic heterocycles. The Morgan fingerprint density at radius 3 is 2.46 bits per heavy atom. The minimum absolute atomic E-state index is 0.0177. The van der Waals surface area contributed by atoms with E-state index < -0.39 is 10.9 Å². The van der Waals surface area contributed by atoms with Crippen molar-refractivity contribution >= 4 is 34.7 Å². The van der Waals surface area contributed by atoms with E-state index >= 15 is 0 Å². The number of benzene rings is 2. The third kappa shape index (κ3) is 3.12. The van der Waals surface area contributed by atoms with Gasteiger partial charge in [0.2, 0.25) is 0 Å². The molecule has 6 heteroatoms. The third-order valence-corrected chi connectivity index (χ3v) is 3.52. The molecule has 0 amide bonds. The molecular formula is C18H12N2O4. The lowest BCUT2D eigenvalue weighted by molar-refractivity contribution is -0.384. The molecule has 3 aromatic rings. The average Bonchev–Trinajstić information content (AvgIpc) is 2.59. The molecule has 0 atom stereocenters. The second-order valence-corrected chi connectivity index (χ2v) is 5.10. The number of nitrogens with zero attached hydrogens (tertiary/aromatic N) is 2. The lowest BCUT2D eigenvalue weighted by Crippen LogP contribution is -2.00. The van der Waals surface area contributed by atoms with Gasteiger partial charge in [-0.1, -0.05) is 24.3 Å². The molecular weight excluding hydrogens is 308 g/mol. The summed E-state index contributed by atoms with van der Waals surface area (Å²) < 4.78 is 0. The van der Waals surface area contributed by atoms with Crippen LogP contribution in [-0.4, -0.2) is 21.0 Å². The minimum atomic E-state index is -1.02. The zero-order valence-corrected chi connectivity index (χ0v) is 12.4. The highest BCUT2D eigenvalue weighted by atomic mass is 16.6. The number of aromatic carboxylic acids is 1. The van der Waals surface area contributed by atoms with E-state index in [9.17, 15) is 20.0 Å². The lowest BCUT2D eigenvalue weighted by atomic mass is 10.1. The number of fused-ring (bicyclic) bond motifs is 1. The number of hydrogen-bond acceptors (Lipinski definition) is 4. The molecule has 0 bridgehead atoms. The Labute approximate surface area is 136 Å². The molecule has 1 aromatic heterocycles. The van der Waals surface area contributed by atoms with E-state index in [4.69, 9.17) is 0 Å². The van der Waals surface area contributed by atoms with Gasteiger partial charge in [-0.15, -0.1) is 0 Å². The largest absolute Gasteiger partial charge is 0.478 e. The van der Waals surface area contributed by atoms with Crippen LogP contribution < -0.4 is 0 Å². The summed E-state index contributed by atoms with van der Waals surface area (Å²) in [6.45, 7) is 0. The number of hydrogen-bond donors (Lipinski definition) is 1. The van der Waals surface area contributed by atoms with Crippen LogP contribution in [-0.2, 0) is 0 Å². The Morgan fingerprint density at radius 1 is 1.08 bits per heavy atom. The van der Waals surface area contributed by atoms with E-state index in [2.05, 4.69) is 4.98 Å². The van der Waals surface area contributed by atoms with Crippen molar-refractivity contribution in [2.45, 2.75) is 0 Å². The van der Waals surface area contributed by atoms with Crippen molar-refractivity contribution in [3.63, 3.8) is 0 Å². The first kappa shape index (κ1) is 15.4. The summed E-state index contributed by atoms with van der Waals surface area (Å²) in [5.41, 5.74) is 2.06. The van der Waals surface area contributed by atoms with Crippen LogP contribution in [0.4, 0.5) is 5.69 Å². The molecule has 0 fully saturated rings. The Bertz CT molecular complexity index is 962. The monoisotopic (exact) mass is 320 g/mol. The summed E-state index contributed by atoms with van der Waals surface area (Å²) in [5, 5.41) is 20.6. The van der Waals surface area contributed by atoms with Gasteiger partial charge in [0.05, 0.1) is 21.7 Å². The number of carboxylic acid groups (broad SMARTS) is 1. The highest BCUT2D eigenvalue weighted by Crippen LogP contribution is 2.20. The average molecular weight is 320 g/mol. The Balaban J connectivity index is 1.97. The molecule has 24 heavy (non-hydrogen) atoms. The van der Waals surface area contributed by atoms with Crippen molar-refractivity contribution in [3.8, 4) is 0 Å². The topological polar surface area (TPSA) is 93.3 Å². The van der Waals surface area contributed by atoms with Gasteiger partial charge in [0.1, 0.15) is 0 Å². The molecule has 0 unspecified atom stereocenters. The zero-order chi connectivity index (χ0) is 17.1. The predicted molar refractivity (Wildman–Crippen MR) is 90.7 cm³/mol. The molecule has 0 saturated heterocycles. The van der Waals surface area contributed by atoms with Crippen molar-refractivity contribution < 1.29 is 14.8 Å². The number of carboxylic acids is 1. The molecule has 0 radical (unpaired) electrons. The lowest BCUT2D eigenvalue weighted by Gasteiger charge is -2.04. The normalized spacial score (nSPS) is 11.0. The summed E-state index contributed by atoms with van der Waals surface area (Å²) in [5.74, 6) is -1.02. The Hall–Kier alpha value is -3.54. The number of carbonyl (C=O) groups is 1. The van der Waals surface area contributed by atoms with Gasteiger partial charge >= 0.3 is 5.97 Å². The van der Waals surface area contributed by atoms with Crippen LogP contribution in [0.15, 0.2) is 54.6 Å². The van der Waals surface area contributed by atoms with Crippen molar-refractivity contribution in [1.29, 1.82) is 0 Å². The quantitative estimate of drug-likeness (QED) is 0.579. The Morgan fingerprint density at radius 2 is 1.79 bits per heavy atom. The van der Waals surface area contributed by atoms with Crippen LogP contribution in [0.25, 0.3) is 23.1 Å². The fourth-order valence-corrected chi connectivity index (χ4v) is 2.35. The maximum Gasteiger partial charge on any atom is 0.336 e. The fourth-order valence-electron chi connectivity index (χ4n) is 2.35. The molecule has 118 valence electrons. The number of rotatable bonds is 4. The van der Waals surface area contributed by atoms with Crippen LogP contribution in [0.1, 0.15) is 21.6 Å². The smallest absolute Gasteiger partial charge is 0.336 e. The van der Waals surface area contributed by atoms with Crippen LogP contribution in [0.5, 0.6) is 0 Å². The van der Waals surface area contributed by atoms with Crippen molar-refractivity contribution in [2.24, 2.45) is 0 Å². The van der Waals surface area contributed by atoms with E-state index in [1.807, 2.05) is 0 Å². The van der Waals surface area contributed by atoms with Crippen LogP contribution in [0, 0.1) is 10.1 Å². The molecule has 0 aliphatic carbocycles. The van der Waals surface area contributed by atoms with Crippen molar-refractivity contribution in [1.82, 2.24) is 4.98 Å². The van der Waals surface area contributed by atoms with Gasteiger partial charge < -0.3 is 5.11 Å². The summed E-state index contributed by atoms with van der Waals surface area (Å²) in [7, 11) is 0. The molecule has 3 rings (SSSR count). The maximum atomic E-state index is 11.4. The number of non-ortho nitro benzene ring substituents is 1. The summed E-state index contributed by atoms with van der Waals surface area (Å²) in [4.78, 5) is 26.0. The second-order valence-electron chi connectivity index (χ2n) is 5.10. The molecule has 0 spiro atoms. The zero-order valence-electron chi connectivity index (χ0n) is 12.4. The summed E-state index contributed by atoms with van der Waals surface area (Å²) in [6.07, 6.45) is 3.41. The first-order valence-electron chi connectivity index (χ1n) is 7.10. The van der Waals surface area contributed by atoms with Crippen LogP contribution >= 0.6 is 0 Å². The number of nitro benzene ring substituents is 1. The summed E-state index contributed by atoms with van der Waals surface area (Å²) in [6, 6.07) is 14.6. The van der Waals surface area contributed by atoms with E-state index in [0.717, 1.165) is 5.56 Å². The first-order chi connectivity index (χ1) is 11.5. The number of para-hydroxylation sites is 1. The van der Waals surface area contributed by atoms with E-state index in [1.54, 1.807) is 48.6 Å². The van der Waals surface area contributed by atoms with Gasteiger partial charge in [0.25, 0.3) is 5.69 Å². The van der Waals surface area contributed by atoms with Crippen molar-refractivity contribution in [3.05, 3.63) is 81.5 Å². The Kier molecular flexibility index (Phi) is 4.03. The molecule has 0 aliphatic rings. The molecule has 1 N–H and O–H groups in total. The first-order valence-corrected chi connectivity index (χ1v) is 7.10. The minimum Gasteiger partial charge on any atom is -0.478 e.